The van der Waals surface area contributed by atoms with E-state index in [0.29, 0.717) is 12.1 Å². The minimum atomic E-state index is -0.938. The molecule has 0 amide bonds. The second-order valence-corrected chi connectivity index (χ2v) is 9.52. The van der Waals surface area contributed by atoms with E-state index >= 15 is 0 Å². The van der Waals surface area contributed by atoms with Crippen molar-refractivity contribution in [1.82, 2.24) is 5.32 Å². The second kappa shape index (κ2) is 11.0. The third-order valence-electron chi connectivity index (χ3n) is 6.99. The smallest absolute Gasteiger partial charge is 0.303 e. The van der Waals surface area contributed by atoms with Gasteiger partial charge in [-0.1, -0.05) is 54.6 Å². The molecule has 1 unspecified atom stereocenters. The number of carbonyl (C=O) groups is 1. The molecule has 190 valence electrons. The van der Waals surface area contributed by atoms with Gasteiger partial charge < -0.3 is 20.1 Å². The molecule has 2 N–H and O–H groups in total. The number of fused-ring (bicyclic) bond motifs is 2. The fourth-order valence-electron chi connectivity index (χ4n) is 5.05. The molecular formula is C31H31FN2O3. The number of nitrogens with one attached hydrogen (secondary N) is 1. The van der Waals surface area contributed by atoms with Crippen LogP contribution in [0.15, 0.2) is 84.9 Å². The summed E-state index contributed by atoms with van der Waals surface area (Å²) in [6, 6.07) is 27.8. The minimum Gasteiger partial charge on any atom is -0.486 e. The first-order valence-electron chi connectivity index (χ1n) is 12.7. The van der Waals surface area contributed by atoms with E-state index in [1.165, 1.54) is 22.4 Å². The van der Waals surface area contributed by atoms with Crippen molar-refractivity contribution in [2.45, 2.75) is 38.3 Å². The molecule has 0 fully saturated rings. The molecule has 2 atom stereocenters. The van der Waals surface area contributed by atoms with Gasteiger partial charge >= 0.3 is 5.97 Å². The number of ether oxygens (including phenoxy) is 1. The van der Waals surface area contributed by atoms with E-state index in [-0.39, 0.29) is 30.8 Å². The first-order chi connectivity index (χ1) is 18.0. The van der Waals surface area contributed by atoms with E-state index in [4.69, 9.17) is 9.84 Å². The number of carboxylic acids is 1. The Morgan fingerprint density at radius 2 is 1.86 bits per heavy atom. The molecule has 6 heteroatoms. The molecule has 0 spiro atoms. The van der Waals surface area contributed by atoms with Crippen molar-refractivity contribution in [3.05, 3.63) is 102 Å². The number of rotatable bonds is 9. The third-order valence-corrected chi connectivity index (χ3v) is 6.99. The average Bonchev–Trinajstić information content (AvgIpc) is 2.91. The molecule has 0 saturated heterocycles. The van der Waals surface area contributed by atoms with E-state index in [1.807, 2.05) is 24.3 Å². The molecule has 4 aromatic carbocycles. The highest BCUT2D eigenvalue weighted by Crippen LogP contribution is 2.39. The summed E-state index contributed by atoms with van der Waals surface area (Å²) < 4.78 is 20.7. The number of hydrogen-bond donors (Lipinski definition) is 2. The Kier molecular flexibility index (Phi) is 7.37. The number of halogens is 1. The molecule has 5 nitrogen and oxygen atoms in total. The lowest BCUT2D eigenvalue weighted by Gasteiger charge is -2.36. The van der Waals surface area contributed by atoms with Crippen LogP contribution in [0.1, 0.15) is 36.9 Å². The van der Waals surface area contributed by atoms with Gasteiger partial charge in [0.15, 0.2) is 0 Å². The fraction of sp³-hybridized carbons (Fsp3) is 0.258. The van der Waals surface area contributed by atoms with Gasteiger partial charge in [-0.2, -0.15) is 0 Å². The van der Waals surface area contributed by atoms with Gasteiger partial charge in [-0.3, -0.25) is 4.79 Å². The number of para-hydroxylation sites is 2. The van der Waals surface area contributed by atoms with Gasteiger partial charge in [-0.15, -0.1) is 0 Å². The van der Waals surface area contributed by atoms with Crippen molar-refractivity contribution >= 4 is 28.1 Å². The molecule has 0 radical (unpaired) electrons. The SMILES string of the molecule is C[C@@H](NCCC1CN(c2ccc(F)c(CCC(=O)O)c2)c2ccccc2O1)c1cccc2ccccc12. The summed E-state index contributed by atoms with van der Waals surface area (Å²) in [6.45, 7) is 3.58. The topological polar surface area (TPSA) is 61.8 Å². The quantitative estimate of drug-likeness (QED) is 0.271. The van der Waals surface area contributed by atoms with Gasteiger partial charge in [0.05, 0.1) is 12.2 Å². The highest BCUT2D eigenvalue weighted by Gasteiger charge is 2.27. The van der Waals surface area contributed by atoms with Crippen LogP contribution >= 0.6 is 0 Å². The highest BCUT2D eigenvalue weighted by atomic mass is 19.1. The van der Waals surface area contributed by atoms with Crippen LogP contribution in [0.2, 0.25) is 0 Å². The van der Waals surface area contributed by atoms with Crippen molar-refractivity contribution in [2.24, 2.45) is 0 Å². The Bertz CT molecular complexity index is 1400. The van der Waals surface area contributed by atoms with E-state index in [9.17, 15) is 9.18 Å². The molecule has 5 rings (SSSR count). The Labute approximate surface area is 216 Å². The van der Waals surface area contributed by atoms with Crippen LogP contribution in [-0.4, -0.2) is 30.3 Å². The van der Waals surface area contributed by atoms with Crippen LogP contribution in [-0.2, 0) is 11.2 Å². The van der Waals surface area contributed by atoms with Gasteiger partial charge in [0.2, 0.25) is 0 Å². The molecular weight excluding hydrogens is 467 g/mol. The number of nitrogens with zero attached hydrogens (tertiary/aromatic N) is 1. The number of aliphatic carboxylic acids is 1. The number of anilines is 2. The summed E-state index contributed by atoms with van der Waals surface area (Å²) in [4.78, 5) is 13.2. The van der Waals surface area contributed by atoms with Crippen molar-refractivity contribution in [2.75, 3.05) is 18.0 Å². The Morgan fingerprint density at radius 1 is 1.08 bits per heavy atom. The summed E-state index contributed by atoms with van der Waals surface area (Å²) >= 11 is 0. The molecule has 37 heavy (non-hydrogen) atoms. The van der Waals surface area contributed by atoms with Crippen molar-refractivity contribution in [3.8, 4) is 5.75 Å². The van der Waals surface area contributed by atoms with Gasteiger partial charge in [0.1, 0.15) is 17.7 Å². The molecule has 1 heterocycles. The zero-order chi connectivity index (χ0) is 25.8. The summed E-state index contributed by atoms with van der Waals surface area (Å²) in [6.07, 6.45) is 0.783. The zero-order valence-corrected chi connectivity index (χ0v) is 20.9. The maximum atomic E-state index is 14.4. The number of benzene rings is 4. The predicted molar refractivity (Wildman–Crippen MR) is 145 cm³/mol. The standard InChI is InChI=1S/C31H31FN2O3/c1-21(26-10-6-8-22-7-2-3-9-27(22)26)33-18-17-25-20-34(29-11-4-5-12-30(29)37-25)24-14-15-28(32)23(19-24)13-16-31(35)36/h2-12,14-15,19,21,25,33H,13,16-18,20H2,1H3,(H,35,36)/t21-,25?/m1/s1. The summed E-state index contributed by atoms with van der Waals surface area (Å²) in [7, 11) is 0. The fourth-order valence-corrected chi connectivity index (χ4v) is 5.05. The Balaban J connectivity index is 1.30. The zero-order valence-electron chi connectivity index (χ0n) is 20.9. The van der Waals surface area contributed by atoms with Crippen molar-refractivity contribution in [1.29, 1.82) is 0 Å². The third kappa shape index (κ3) is 5.59. The summed E-state index contributed by atoms with van der Waals surface area (Å²) in [5.41, 5.74) is 3.44. The first kappa shape index (κ1) is 24.8. The van der Waals surface area contributed by atoms with E-state index in [0.717, 1.165) is 30.1 Å². The number of aryl methyl sites for hydroxylation is 1. The monoisotopic (exact) mass is 498 g/mol. The van der Waals surface area contributed by atoms with Crippen LogP contribution in [0.5, 0.6) is 5.75 Å². The minimum absolute atomic E-state index is 0.0605. The molecule has 0 bridgehead atoms. The van der Waals surface area contributed by atoms with Crippen LogP contribution < -0.4 is 15.0 Å². The first-order valence-corrected chi connectivity index (χ1v) is 12.7. The van der Waals surface area contributed by atoms with Crippen LogP contribution in [0.25, 0.3) is 10.8 Å². The molecule has 0 aromatic heterocycles. The number of carboxylic acid groups (broad SMARTS) is 1. The maximum Gasteiger partial charge on any atom is 0.303 e. The van der Waals surface area contributed by atoms with E-state index in [2.05, 4.69) is 59.6 Å². The Morgan fingerprint density at radius 3 is 2.73 bits per heavy atom. The van der Waals surface area contributed by atoms with E-state index in [1.54, 1.807) is 12.1 Å². The summed E-state index contributed by atoms with van der Waals surface area (Å²) in [5.74, 6) is -0.529. The maximum absolute atomic E-state index is 14.4. The molecule has 4 aromatic rings. The lowest BCUT2D eigenvalue weighted by atomic mass is 9.99. The van der Waals surface area contributed by atoms with Crippen LogP contribution in [0.4, 0.5) is 15.8 Å². The normalized spacial score (nSPS) is 15.7. The van der Waals surface area contributed by atoms with Crippen molar-refractivity contribution < 1.29 is 19.0 Å². The molecule has 0 saturated carbocycles. The van der Waals surface area contributed by atoms with Gasteiger partial charge in [0.25, 0.3) is 0 Å². The second-order valence-electron chi connectivity index (χ2n) is 9.52. The van der Waals surface area contributed by atoms with Crippen molar-refractivity contribution in [3.63, 3.8) is 0 Å². The lowest BCUT2D eigenvalue weighted by molar-refractivity contribution is -0.136. The Hall–Kier alpha value is -3.90. The predicted octanol–water partition coefficient (Wildman–Crippen LogP) is 6.64. The molecule has 1 aliphatic heterocycles. The van der Waals surface area contributed by atoms with Crippen LogP contribution in [0, 0.1) is 5.82 Å². The molecule has 0 aliphatic carbocycles. The van der Waals surface area contributed by atoms with E-state index < -0.39 is 5.97 Å². The van der Waals surface area contributed by atoms with Gasteiger partial charge in [-0.05, 0) is 78.5 Å². The lowest BCUT2D eigenvalue weighted by Crippen LogP contribution is -2.39. The van der Waals surface area contributed by atoms with Gasteiger partial charge in [0, 0.05) is 18.2 Å². The van der Waals surface area contributed by atoms with Gasteiger partial charge in [-0.25, -0.2) is 4.39 Å². The largest absolute Gasteiger partial charge is 0.486 e. The highest BCUT2D eigenvalue weighted by molar-refractivity contribution is 5.86. The molecule has 1 aliphatic rings. The number of hydrogen-bond acceptors (Lipinski definition) is 4. The summed E-state index contributed by atoms with van der Waals surface area (Å²) in [5, 5.41) is 15.2. The van der Waals surface area contributed by atoms with Crippen LogP contribution in [0.3, 0.4) is 0 Å². The average molecular weight is 499 g/mol.